The number of rotatable bonds is 17. The highest BCUT2D eigenvalue weighted by atomic mass is 16.5. The van der Waals surface area contributed by atoms with E-state index in [1.807, 2.05) is 48.5 Å². The Kier molecular flexibility index (Phi) is 13.1. The van der Waals surface area contributed by atoms with Crippen molar-refractivity contribution in [3.8, 4) is 11.5 Å². The SMILES string of the molecule is CCCCCCCCCCCCOc1ccc(N=Nc2ccc(OCCO)cc2)cc1. The van der Waals surface area contributed by atoms with Crippen molar-refractivity contribution in [2.24, 2.45) is 10.2 Å². The van der Waals surface area contributed by atoms with E-state index >= 15 is 0 Å². The molecule has 0 spiro atoms. The van der Waals surface area contributed by atoms with Gasteiger partial charge in [-0.05, 0) is 55.0 Å². The van der Waals surface area contributed by atoms with Crippen molar-refractivity contribution in [3.63, 3.8) is 0 Å². The number of unbranched alkanes of at least 4 members (excludes halogenated alkanes) is 9. The van der Waals surface area contributed by atoms with Gasteiger partial charge in [-0.25, -0.2) is 0 Å². The third-order valence-corrected chi connectivity index (χ3v) is 5.08. The Bertz CT molecular complexity index is 714. The molecule has 0 unspecified atom stereocenters. The molecule has 0 atom stereocenters. The summed E-state index contributed by atoms with van der Waals surface area (Å²) in [4.78, 5) is 0. The average Bonchev–Trinajstić information content (AvgIpc) is 2.81. The van der Waals surface area contributed by atoms with Gasteiger partial charge in [0.05, 0.1) is 24.6 Å². The zero-order chi connectivity index (χ0) is 22.0. The quantitative estimate of drug-likeness (QED) is 0.207. The Morgan fingerprint density at radius 1 is 0.581 bits per heavy atom. The summed E-state index contributed by atoms with van der Waals surface area (Å²) >= 11 is 0. The van der Waals surface area contributed by atoms with E-state index in [-0.39, 0.29) is 13.2 Å². The fraction of sp³-hybridized carbons (Fsp3) is 0.538. The number of aliphatic hydroxyl groups excluding tert-OH is 1. The Labute approximate surface area is 187 Å². The first-order valence-electron chi connectivity index (χ1n) is 11.8. The van der Waals surface area contributed by atoms with E-state index < -0.39 is 0 Å². The molecule has 0 aromatic heterocycles. The van der Waals surface area contributed by atoms with E-state index in [0.29, 0.717) is 5.75 Å². The lowest BCUT2D eigenvalue weighted by atomic mass is 10.1. The summed E-state index contributed by atoms with van der Waals surface area (Å²) < 4.78 is 11.2. The predicted molar refractivity (Wildman–Crippen MR) is 127 cm³/mol. The molecule has 0 amide bonds. The molecular weight excluding hydrogens is 388 g/mol. The van der Waals surface area contributed by atoms with E-state index in [1.165, 1.54) is 57.8 Å². The van der Waals surface area contributed by atoms with Crippen LogP contribution in [0.4, 0.5) is 11.4 Å². The zero-order valence-corrected chi connectivity index (χ0v) is 19.0. The monoisotopic (exact) mass is 426 g/mol. The molecule has 5 heteroatoms. The first kappa shape index (κ1) is 24.9. The summed E-state index contributed by atoms with van der Waals surface area (Å²) in [5.41, 5.74) is 1.53. The van der Waals surface area contributed by atoms with Gasteiger partial charge < -0.3 is 14.6 Å². The Morgan fingerprint density at radius 3 is 1.45 bits per heavy atom. The van der Waals surface area contributed by atoms with E-state index in [9.17, 15) is 0 Å². The van der Waals surface area contributed by atoms with Crippen LogP contribution in [0, 0.1) is 0 Å². The van der Waals surface area contributed by atoms with E-state index in [4.69, 9.17) is 14.6 Å². The molecular formula is C26H38N2O3. The highest BCUT2D eigenvalue weighted by Crippen LogP contribution is 2.23. The van der Waals surface area contributed by atoms with Gasteiger partial charge in [0.15, 0.2) is 0 Å². The second kappa shape index (κ2) is 16.3. The molecule has 0 aliphatic heterocycles. The highest BCUT2D eigenvalue weighted by Gasteiger charge is 1.98. The molecule has 0 aliphatic carbocycles. The molecule has 5 nitrogen and oxygen atoms in total. The predicted octanol–water partition coefficient (Wildman–Crippen LogP) is 7.77. The fourth-order valence-corrected chi connectivity index (χ4v) is 3.28. The van der Waals surface area contributed by atoms with Crippen LogP contribution in [0.15, 0.2) is 58.8 Å². The van der Waals surface area contributed by atoms with E-state index in [2.05, 4.69) is 17.2 Å². The van der Waals surface area contributed by atoms with Crippen molar-refractivity contribution in [3.05, 3.63) is 48.5 Å². The maximum absolute atomic E-state index is 8.77. The number of aliphatic hydroxyl groups is 1. The first-order valence-corrected chi connectivity index (χ1v) is 11.8. The molecule has 0 bridgehead atoms. The van der Waals surface area contributed by atoms with Gasteiger partial charge in [0.25, 0.3) is 0 Å². The van der Waals surface area contributed by atoms with Gasteiger partial charge in [-0.15, -0.1) is 0 Å². The number of benzene rings is 2. The highest BCUT2D eigenvalue weighted by molar-refractivity contribution is 5.44. The molecule has 170 valence electrons. The van der Waals surface area contributed by atoms with Crippen molar-refractivity contribution in [2.75, 3.05) is 19.8 Å². The van der Waals surface area contributed by atoms with Gasteiger partial charge in [0.2, 0.25) is 0 Å². The Balaban J connectivity index is 1.57. The molecule has 2 aromatic rings. The van der Waals surface area contributed by atoms with Crippen LogP contribution in [0.1, 0.15) is 71.1 Å². The van der Waals surface area contributed by atoms with E-state index in [0.717, 1.165) is 30.2 Å². The molecule has 0 heterocycles. The van der Waals surface area contributed by atoms with Crippen LogP contribution >= 0.6 is 0 Å². The maximum Gasteiger partial charge on any atom is 0.119 e. The van der Waals surface area contributed by atoms with Gasteiger partial charge in [-0.1, -0.05) is 64.7 Å². The minimum Gasteiger partial charge on any atom is -0.494 e. The van der Waals surface area contributed by atoms with Gasteiger partial charge in [-0.2, -0.15) is 10.2 Å². The summed E-state index contributed by atoms with van der Waals surface area (Å²) in [6, 6.07) is 15.0. The second-order valence-corrected chi connectivity index (χ2v) is 7.79. The number of azo groups is 1. The summed E-state index contributed by atoms with van der Waals surface area (Å²) in [7, 11) is 0. The number of ether oxygens (including phenoxy) is 2. The summed E-state index contributed by atoms with van der Waals surface area (Å²) in [5.74, 6) is 1.58. The largest absolute Gasteiger partial charge is 0.494 e. The smallest absolute Gasteiger partial charge is 0.119 e. The van der Waals surface area contributed by atoms with Crippen LogP contribution in [0.2, 0.25) is 0 Å². The van der Waals surface area contributed by atoms with Gasteiger partial charge in [-0.3, -0.25) is 0 Å². The molecule has 0 radical (unpaired) electrons. The number of nitrogens with zero attached hydrogens (tertiary/aromatic N) is 2. The second-order valence-electron chi connectivity index (χ2n) is 7.79. The molecule has 0 aliphatic rings. The van der Waals surface area contributed by atoms with E-state index in [1.54, 1.807) is 0 Å². The molecule has 1 N–H and O–H groups in total. The molecule has 31 heavy (non-hydrogen) atoms. The minimum absolute atomic E-state index is 0.000420. The summed E-state index contributed by atoms with van der Waals surface area (Å²) in [5, 5.41) is 17.3. The van der Waals surface area contributed by atoms with Crippen molar-refractivity contribution < 1.29 is 14.6 Å². The van der Waals surface area contributed by atoms with Crippen LogP contribution in [0.25, 0.3) is 0 Å². The van der Waals surface area contributed by atoms with Crippen LogP contribution < -0.4 is 9.47 Å². The standard InChI is InChI=1S/C26H38N2O3/c1-2-3-4-5-6-7-8-9-10-11-21-30-25-16-12-23(13-17-25)27-28-24-14-18-26(19-15-24)31-22-20-29/h12-19,29H,2-11,20-22H2,1H3. The van der Waals surface area contributed by atoms with Crippen LogP contribution in [0.5, 0.6) is 11.5 Å². The lowest BCUT2D eigenvalue weighted by Crippen LogP contribution is -2.00. The zero-order valence-electron chi connectivity index (χ0n) is 19.0. The Morgan fingerprint density at radius 2 is 1.00 bits per heavy atom. The van der Waals surface area contributed by atoms with Gasteiger partial charge in [0, 0.05) is 0 Å². The lowest BCUT2D eigenvalue weighted by molar-refractivity contribution is 0.201. The van der Waals surface area contributed by atoms with Crippen molar-refractivity contribution in [1.82, 2.24) is 0 Å². The third kappa shape index (κ3) is 11.5. The molecule has 0 saturated heterocycles. The molecule has 0 fully saturated rings. The average molecular weight is 427 g/mol. The lowest BCUT2D eigenvalue weighted by Gasteiger charge is -2.06. The third-order valence-electron chi connectivity index (χ3n) is 5.08. The number of hydrogen-bond donors (Lipinski definition) is 1. The summed E-state index contributed by atoms with van der Waals surface area (Å²) in [6.07, 6.45) is 13.3. The van der Waals surface area contributed by atoms with Gasteiger partial charge >= 0.3 is 0 Å². The molecule has 0 saturated carbocycles. The van der Waals surface area contributed by atoms with Crippen molar-refractivity contribution in [2.45, 2.75) is 71.1 Å². The van der Waals surface area contributed by atoms with Crippen LogP contribution in [-0.2, 0) is 0 Å². The van der Waals surface area contributed by atoms with Crippen molar-refractivity contribution >= 4 is 11.4 Å². The number of hydrogen-bond acceptors (Lipinski definition) is 5. The van der Waals surface area contributed by atoms with Crippen LogP contribution in [0.3, 0.4) is 0 Å². The maximum atomic E-state index is 8.77. The van der Waals surface area contributed by atoms with Crippen molar-refractivity contribution in [1.29, 1.82) is 0 Å². The first-order chi connectivity index (χ1) is 15.3. The minimum atomic E-state index is 0.000420. The normalized spacial score (nSPS) is 11.2. The molecule has 2 aromatic carbocycles. The summed E-state index contributed by atoms with van der Waals surface area (Å²) in [6.45, 7) is 3.32. The molecule has 2 rings (SSSR count). The fourth-order valence-electron chi connectivity index (χ4n) is 3.28. The van der Waals surface area contributed by atoms with Gasteiger partial charge in [0.1, 0.15) is 18.1 Å². The van der Waals surface area contributed by atoms with Crippen LogP contribution in [-0.4, -0.2) is 24.9 Å². The Hall–Kier alpha value is -2.40. The topological polar surface area (TPSA) is 63.4 Å².